The van der Waals surface area contributed by atoms with Crippen molar-refractivity contribution in [2.45, 2.75) is 32.7 Å². The molecule has 0 aromatic carbocycles. The Labute approximate surface area is 80.7 Å². The first-order valence-corrected chi connectivity index (χ1v) is 5.56. The molecule has 2 unspecified atom stereocenters. The highest BCUT2D eigenvalue weighted by Gasteiger charge is 2.40. The van der Waals surface area contributed by atoms with Crippen molar-refractivity contribution in [1.29, 1.82) is 0 Å². The zero-order chi connectivity index (χ0) is 9.42. The van der Waals surface area contributed by atoms with Gasteiger partial charge in [0.05, 0.1) is 6.61 Å². The molecule has 76 valence electrons. The van der Waals surface area contributed by atoms with Gasteiger partial charge in [-0.3, -0.25) is 0 Å². The number of hydrogen-bond acceptors (Lipinski definition) is 2. The fourth-order valence-electron chi connectivity index (χ4n) is 2.98. The van der Waals surface area contributed by atoms with Gasteiger partial charge in [-0.15, -0.1) is 0 Å². The fraction of sp³-hybridized carbons (Fsp3) is 1.00. The van der Waals surface area contributed by atoms with E-state index in [1.807, 2.05) is 0 Å². The van der Waals surface area contributed by atoms with Crippen LogP contribution in [0, 0.1) is 23.7 Å². The second kappa shape index (κ2) is 3.58. The maximum atomic E-state index is 9.18. The highest BCUT2D eigenvalue weighted by Crippen LogP contribution is 2.44. The van der Waals surface area contributed by atoms with E-state index in [4.69, 9.17) is 0 Å². The average molecular weight is 183 g/mol. The van der Waals surface area contributed by atoms with Crippen molar-refractivity contribution in [2.75, 3.05) is 13.2 Å². The standard InChI is InChI=1S/C11H21NO/c1-7-3-9-4-10(8(9)2)5-12-11(7)6-13/h7-13H,3-6H2,1-2H3/t7-,8?,9?,10+,11-/m1/s1. The van der Waals surface area contributed by atoms with Gasteiger partial charge in [-0.25, -0.2) is 0 Å². The summed E-state index contributed by atoms with van der Waals surface area (Å²) in [7, 11) is 0. The van der Waals surface area contributed by atoms with Crippen molar-refractivity contribution >= 4 is 0 Å². The topological polar surface area (TPSA) is 32.3 Å². The minimum absolute atomic E-state index is 0.301. The lowest BCUT2D eigenvalue weighted by Crippen LogP contribution is -2.51. The quantitative estimate of drug-likeness (QED) is 0.641. The number of rotatable bonds is 1. The van der Waals surface area contributed by atoms with Crippen molar-refractivity contribution in [3.8, 4) is 0 Å². The van der Waals surface area contributed by atoms with Gasteiger partial charge in [-0.2, -0.15) is 0 Å². The number of fused-ring (bicyclic) bond motifs is 4. The van der Waals surface area contributed by atoms with Gasteiger partial charge in [-0.1, -0.05) is 13.8 Å². The lowest BCUT2D eigenvalue weighted by atomic mass is 9.61. The Morgan fingerprint density at radius 3 is 2.62 bits per heavy atom. The van der Waals surface area contributed by atoms with Crippen LogP contribution < -0.4 is 5.32 Å². The van der Waals surface area contributed by atoms with Gasteiger partial charge in [0.2, 0.25) is 0 Å². The van der Waals surface area contributed by atoms with Crippen LogP contribution in [0.15, 0.2) is 0 Å². The molecule has 5 atom stereocenters. The maximum absolute atomic E-state index is 9.18. The van der Waals surface area contributed by atoms with Gasteiger partial charge in [0.15, 0.2) is 0 Å². The molecule has 2 heterocycles. The van der Waals surface area contributed by atoms with Gasteiger partial charge < -0.3 is 10.4 Å². The molecule has 2 bridgehead atoms. The molecule has 2 N–H and O–H groups in total. The molecule has 1 saturated carbocycles. The van der Waals surface area contributed by atoms with Crippen LogP contribution in [0.5, 0.6) is 0 Å². The van der Waals surface area contributed by atoms with E-state index in [1.54, 1.807) is 0 Å². The SMILES string of the molecule is CC1C2C[C@H]1CN[C@H](CO)[C@H](C)C2. The maximum Gasteiger partial charge on any atom is 0.0587 e. The summed E-state index contributed by atoms with van der Waals surface area (Å²) in [4.78, 5) is 0. The number of aliphatic hydroxyl groups excluding tert-OH is 1. The average Bonchev–Trinajstić information content (AvgIpc) is 2.11. The first-order chi connectivity index (χ1) is 6.22. The monoisotopic (exact) mass is 183 g/mol. The molecule has 0 spiro atoms. The summed E-state index contributed by atoms with van der Waals surface area (Å²) in [6, 6.07) is 0.345. The van der Waals surface area contributed by atoms with Crippen LogP contribution in [0.3, 0.4) is 0 Å². The summed E-state index contributed by atoms with van der Waals surface area (Å²) in [5.74, 6) is 3.37. The summed E-state index contributed by atoms with van der Waals surface area (Å²) in [5, 5.41) is 12.7. The second-order valence-electron chi connectivity index (χ2n) is 5.03. The Morgan fingerprint density at radius 1 is 1.23 bits per heavy atom. The minimum Gasteiger partial charge on any atom is -0.395 e. The Hall–Kier alpha value is -0.0800. The molecular weight excluding hydrogens is 162 g/mol. The summed E-state index contributed by atoms with van der Waals surface area (Å²) in [5.41, 5.74) is 0. The Morgan fingerprint density at radius 2 is 2.00 bits per heavy atom. The first-order valence-electron chi connectivity index (χ1n) is 5.56. The van der Waals surface area contributed by atoms with Gasteiger partial charge in [0.1, 0.15) is 0 Å². The van der Waals surface area contributed by atoms with Crippen LogP contribution in [0.2, 0.25) is 0 Å². The lowest BCUT2D eigenvalue weighted by Gasteiger charge is -2.48. The molecule has 2 saturated heterocycles. The van der Waals surface area contributed by atoms with Gasteiger partial charge in [-0.05, 0) is 43.1 Å². The third-order valence-electron chi connectivity index (χ3n) is 4.29. The predicted octanol–water partition coefficient (Wildman–Crippen LogP) is 1.25. The number of nitrogens with one attached hydrogen (secondary N) is 1. The third-order valence-corrected chi connectivity index (χ3v) is 4.29. The number of hydrogen-bond donors (Lipinski definition) is 2. The van der Waals surface area contributed by atoms with Crippen LogP contribution in [-0.2, 0) is 0 Å². The summed E-state index contributed by atoms with van der Waals surface area (Å²) >= 11 is 0. The van der Waals surface area contributed by atoms with Gasteiger partial charge >= 0.3 is 0 Å². The van der Waals surface area contributed by atoms with Crippen LogP contribution in [0.4, 0.5) is 0 Å². The van der Waals surface area contributed by atoms with Crippen molar-refractivity contribution in [1.82, 2.24) is 5.32 Å². The van der Waals surface area contributed by atoms with Gasteiger partial charge in [0.25, 0.3) is 0 Å². The van der Waals surface area contributed by atoms with E-state index >= 15 is 0 Å². The van der Waals surface area contributed by atoms with Gasteiger partial charge in [0, 0.05) is 6.04 Å². The molecule has 0 radical (unpaired) electrons. The predicted molar refractivity (Wildman–Crippen MR) is 53.4 cm³/mol. The molecule has 13 heavy (non-hydrogen) atoms. The molecule has 3 rings (SSSR count). The molecule has 3 aliphatic rings. The zero-order valence-electron chi connectivity index (χ0n) is 8.66. The van der Waals surface area contributed by atoms with E-state index in [1.165, 1.54) is 12.8 Å². The zero-order valence-corrected chi connectivity index (χ0v) is 8.66. The number of aliphatic hydroxyl groups is 1. The van der Waals surface area contributed by atoms with E-state index in [0.29, 0.717) is 18.6 Å². The van der Waals surface area contributed by atoms with E-state index in [2.05, 4.69) is 19.2 Å². The molecule has 3 fully saturated rings. The fourth-order valence-corrected chi connectivity index (χ4v) is 2.98. The normalized spacial score (nSPS) is 50.5. The molecule has 2 aliphatic heterocycles. The highest BCUT2D eigenvalue weighted by atomic mass is 16.3. The molecule has 2 nitrogen and oxygen atoms in total. The van der Waals surface area contributed by atoms with E-state index in [0.717, 1.165) is 24.3 Å². The smallest absolute Gasteiger partial charge is 0.0587 e. The van der Waals surface area contributed by atoms with Crippen LogP contribution in [-0.4, -0.2) is 24.3 Å². The van der Waals surface area contributed by atoms with Crippen molar-refractivity contribution < 1.29 is 5.11 Å². The van der Waals surface area contributed by atoms with Crippen molar-refractivity contribution in [3.05, 3.63) is 0 Å². The summed E-state index contributed by atoms with van der Waals surface area (Å²) < 4.78 is 0. The van der Waals surface area contributed by atoms with E-state index in [9.17, 15) is 5.11 Å². The molecule has 0 amide bonds. The summed E-state index contributed by atoms with van der Waals surface area (Å²) in [6.45, 7) is 6.06. The Bertz CT molecular complexity index is 183. The molecule has 1 aliphatic carbocycles. The molecule has 0 aromatic rings. The first kappa shape index (κ1) is 9.47. The molecular formula is C11H21NO. The molecule has 0 aromatic heterocycles. The van der Waals surface area contributed by atoms with E-state index in [-0.39, 0.29) is 0 Å². The highest BCUT2D eigenvalue weighted by molar-refractivity contribution is 4.93. The largest absolute Gasteiger partial charge is 0.395 e. The van der Waals surface area contributed by atoms with Crippen molar-refractivity contribution in [2.24, 2.45) is 23.7 Å². The van der Waals surface area contributed by atoms with Crippen LogP contribution in [0.1, 0.15) is 26.7 Å². The second-order valence-corrected chi connectivity index (χ2v) is 5.03. The Balaban J connectivity index is 1.97. The van der Waals surface area contributed by atoms with Crippen LogP contribution in [0.25, 0.3) is 0 Å². The minimum atomic E-state index is 0.301. The lowest BCUT2D eigenvalue weighted by molar-refractivity contribution is 0.0278. The summed E-state index contributed by atoms with van der Waals surface area (Å²) in [6.07, 6.45) is 2.71. The van der Waals surface area contributed by atoms with Crippen LogP contribution >= 0.6 is 0 Å². The third kappa shape index (κ3) is 1.62. The Kier molecular flexibility index (Phi) is 2.61. The van der Waals surface area contributed by atoms with E-state index < -0.39 is 0 Å². The molecule has 2 heteroatoms. The van der Waals surface area contributed by atoms with Crippen molar-refractivity contribution in [3.63, 3.8) is 0 Å².